The minimum absolute atomic E-state index is 0.188. The number of anilines is 1. The van der Waals surface area contributed by atoms with Crippen molar-refractivity contribution in [3.05, 3.63) is 78.6 Å². The van der Waals surface area contributed by atoms with Gasteiger partial charge in [0.15, 0.2) is 5.37 Å². The van der Waals surface area contributed by atoms with Crippen molar-refractivity contribution in [3.63, 3.8) is 0 Å². The fourth-order valence-corrected chi connectivity index (χ4v) is 4.21. The number of hydrogen-bond acceptors (Lipinski definition) is 6. The standard InChI is InChI=1S/C20H20N2O4S/c1-25-17-8-10-19(11-9-17)27(23,24)20(15-5-4-12-21-14-15)22-16-6-3-7-18(13-16)26-2/h3-14,20,22H,1-2H3. The molecule has 2 aromatic carbocycles. The average molecular weight is 384 g/mol. The van der Waals surface area contributed by atoms with Gasteiger partial charge in [0.25, 0.3) is 0 Å². The van der Waals surface area contributed by atoms with Crippen molar-refractivity contribution >= 4 is 15.5 Å². The van der Waals surface area contributed by atoms with Crippen molar-refractivity contribution < 1.29 is 17.9 Å². The third kappa shape index (κ3) is 4.20. The lowest BCUT2D eigenvalue weighted by molar-refractivity contribution is 0.414. The van der Waals surface area contributed by atoms with E-state index in [0.717, 1.165) is 0 Å². The fraction of sp³-hybridized carbons (Fsp3) is 0.150. The Bertz CT molecular complexity index is 990. The molecule has 6 nitrogen and oxygen atoms in total. The van der Waals surface area contributed by atoms with E-state index in [9.17, 15) is 8.42 Å². The molecule has 0 saturated heterocycles. The van der Waals surface area contributed by atoms with Crippen LogP contribution in [0, 0.1) is 0 Å². The topological polar surface area (TPSA) is 77.5 Å². The maximum absolute atomic E-state index is 13.3. The zero-order valence-electron chi connectivity index (χ0n) is 15.0. The van der Waals surface area contributed by atoms with Crippen LogP contribution in [0.1, 0.15) is 10.9 Å². The van der Waals surface area contributed by atoms with Crippen molar-refractivity contribution in [2.75, 3.05) is 19.5 Å². The Balaban J connectivity index is 2.03. The summed E-state index contributed by atoms with van der Waals surface area (Å²) < 4.78 is 37.0. The largest absolute Gasteiger partial charge is 0.497 e. The monoisotopic (exact) mass is 384 g/mol. The summed E-state index contributed by atoms with van der Waals surface area (Å²) in [5, 5.41) is 2.09. The van der Waals surface area contributed by atoms with Gasteiger partial charge in [0.2, 0.25) is 9.84 Å². The number of methoxy groups -OCH3 is 2. The first-order valence-electron chi connectivity index (χ1n) is 8.23. The van der Waals surface area contributed by atoms with Crippen LogP contribution >= 0.6 is 0 Å². The van der Waals surface area contributed by atoms with Crippen LogP contribution in [0.5, 0.6) is 11.5 Å². The van der Waals surface area contributed by atoms with E-state index in [2.05, 4.69) is 10.3 Å². The fourth-order valence-electron chi connectivity index (χ4n) is 2.64. The first-order valence-corrected chi connectivity index (χ1v) is 9.77. The van der Waals surface area contributed by atoms with E-state index in [0.29, 0.717) is 22.7 Å². The number of sulfone groups is 1. The van der Waals surface area contributed by atoms with Gasteiger partial charge < -0.3 is 14.8 Å². The molecule has 140 valence electrons. The summed E-state index contributed by atoms with van der Waals surface area (Å²) in [5.41, 5.74) is 1.16. The lowest BCUT2D eigenvalue weighted by Gasteiger charge is -2.21. The minimum Gasteiger partial charge on any atom is -0.497 e. The number of pyridine rings is 1. The van der Waals surface area contributed by atoms with E-state index in [1.165, 1.54) is 19.2 Å². The van der Waals surface area contributed by atoms with Crippen LogP contribution in [0.3, 0.4) is 0 Å². The maximum atomic E-state index is 13.3. The molecule has 0 aliphatic carbocycles. The first kappa shape index (κ1) is 18.7. The van der Waals surface area contributed by atoms with Crippen LogP contribution in [0.4, 0.5) is 5.69 Å². The van der Waals surface area contributed by atoms with Gasteiger partial charge in [-0.25, -0.2) is 8.42 Å². The summed E-state index contributed by atoms with van der Waals surface area (Å²) in [7, 11) is -0.649. The van der Waals surface area contributed by atoms with Gasteiger partial charge in [0.1, 0.15) is 11.5 Å². The number of hydrogen-bond donors (Lipinski definition) is 1. The predicted molar refractivity (Wildman–Crippen MR) is 104 cm³/mol. The Morgan fingerprint density at radius 3 is 2.30 bits per heavy atom. The molecule has 0 bridgehead atoms. The molecule has 0 spiro atoms. The number of ether oxygens (including phenoxy) is 2. The zero-order chi connectivity index (χ0) is 19.3. The van der Waals surface area contributed by atoms with Gasteiger partial charge in [-0.15, -0.1) is 0 Å². The molecule has 7 heteroatoms. The number of nitrogens with one attached hydrogen (secondary N) is 1. The van der Waals surface area contributed by atoms with Crippen LogP contribution < -0.4 is 14.8 Å². The van der Waals surface area contributed by atoms with Crippen LogP contribution in [-0.2, 0) is 9.84 Å². The number of rotatable bonds is 7. The quantitative estimate of drug-likeness (QED) is 0.669. The number of nitrogens with zero attached hydrogens (tertiary/aromatic N) is 1. The van der Waals surface area contributed by atoms with E-state index >= 15 is 0 Å². The molecule has 3 aromatic rings. The maximum Gasteiger partial charge on any atom is 0.203 e. The highest BCUT2D eigenvalue weighted by Gasteiger charge is 2.29. The highest BCUT2D eigenvalue weighted by molar-refractivity contribution is 7.91. The third-order valence-corrected chi connectivity index (χ3v) is 5.99. The highest BCUT2D eigenvalue weighted by atomic mass is 32.2. The minimum atomic E-state index is -3.74. The summed E-state index contributed by atoms with van der Waals surface area (Å²) >= 11 is 0. The van der Waals surface area contributed by atoms with Gasteiger partial charge in [-0.3, -0.25) is 4.98 Å². The Labute approximate surface area is 158 Å². The second-order valence-corrected chi connectivity index (χ2v) is 7.80. The molecular formula is C20H20N2O4S. The van der Waals surface area contributed by atoms with Gasteiger partial charge >= 0.3 is 0 Å². The van der Waals surface area contributed by atoms with E-state index in [1.807, 2.05) is 0 Å². The zero-order valence-corrected chi connectivity index (χ0v) is 15.8. The molecule has 0 aliphatic heterocycles. The van der Waals surface area contributed by atoms with Gasteiger partial charge in [-0.2, -0.15) is 0 Å². The molecule has 3 rings (SSSR count). The molecule has 0 radical (unpaired) electrons. The summed E-state index contributed by atoms with van der Waals surface area (Å²) in [6, 6.07) is 16.9. The van der Waals surface area contributed by atoms with Crippen molar-refractivity contribution in [3.8, 4) is 11.5 Å². The Morgan fingerprint density at radius 2 is 1.67 bits per heavy atom. The molecule has 27 heavy (non-hydrogen) atoms. The number of aromatic nitrogens is 1. The summed E-state index contributed by atoms with van der Waals surface area (Å²) in [6.45, 7) is 0. The highest BCUT2D eigenvalue weighted by Crippen LogP contribution is 2.31. The molecule has 0 amide bonds. The lowest BCUT2D eigenvalue weighted by atomic mass is 10.2. The molecule has 0 fully saturated rings. The van der Waals surface area contributed by atoms with Gasteiger partial charge in [-0.05, 0) is 42.5 Å². The molecule has 1 atom stereocenters. The normalized spacial score (nSPS) is 12.2. The van der Waals surface area contributed by atoms with Gasteiger partial charge in [0.05, 0.1) is 19.1 Å². The predicted octanol–water partition coefficient (Wildman–Crippen LogP) is 3.68. The van der Waals surface area contributed by atoms with Crippen LogP contribution in [-0.4, -0.2) is 27.6 Å². The molecule has 1 aromatic heterocycles. The van der Waals surface area contributed by atoms with E-state index < -0.39 is 15.2 Å². The van der Waals surface area contributed by atoms with Crippen LogP contribution in [0.25, 0.3) is 0 Å². The second kappa shape index (κ2) is 8.09. The Morgan fingerprint density at radius 1 is 0.926 bits per heavy atom. The van der Waals surface area contributed by atoms with Crippen molar-refractivity contribution in [1.82, 2.24) is 4.98 Å². The molecule has 1 unspecified atom stereocenters. The van der Waals surface area contributed by atoms with E-state index in [1.54, 1.807) is 68.0 Å². The molecule has 1 N–H and O–H groups in total. The first-order chi connectivity index (χ1) is 13.0. The van der Waals surface area contributed by atoms with E-state index in [4.69, 9.17) is 9.47 Å². The van der Waals surface area contributed by atoms with E-state index in [-0.39, 0.29) is 4.90 Å². The Hall–Kier alpha value is -3.06. The summed E-state index contributed by atoms with van der Waals surface area (Å²) in [4.78, 5) is 4.25. The van der Waals surface area contributed by atoms with Gasteiger partial charge in [-0.1, -0.05) is 12.1 Å². The van der Waals surface area contributed by atoms with Crippen molar-refractivity contribution in [2.45, 2.75) is 10.3 Å². The smallest absolute Gasteiger partial charge is 0.203 e. The SMILES string of the molecule is COc1ccc(S(=O)(=O)C(Nc2cccc(OC)c2)c2cccnc2)cc1. The number of benzene rings is 2. The van der Waals surface area contributed by atoms with Crippen molar-refractivity contribution in [1.29, 1.82) is 0 Å². The van der Waals surface area contributed by atoms with Crippen molar-refractivity contribution in [2.24, 2.45) is 0 Å². The molecular weight excluding hydrogens is 364 g/mol. The molecule has 0 saturated carbocycles. The lowest BCUT2D eigenvalue weighted by Crippen LogP contribution is -2.22. The molecule has 0 aliphatic rings. The van der Waals surface area contributed by atoms with Gasteiger partial charge in [0, 0.05) is 29.7 Å². The second-order valence-electron chi connectivity index (χ2n) is 5.76. The average Bonchev–Trinajstić information content (AvgIpc) is 2.72. The molecule has 1 heterocycles. The van der Waals surface area contributed by atoms with Crippen LogP contribution in [0.2, 0.25) is 0 Å². The summed E-state index contributed by atoms with van der Waals surface area (Å²) in [5.74, 6) is 1.22. The van der Waals surface area contributed by atoms with Crippen LogP contribution in [0.15, 0.2) is 78.0 Å². The Kier molecular flexibility index (Phi) is 5.61. The third-order valence-electron chi connectivity index (χ3n) is 4.05. The summed E-state index contributed by atoms with van der Waals surface area (Å²) in [6.07, 6.45) is 3.14.